The third-order valence-electron chi connectivity index (χ3n) is 5.81. The molecule has 1 fully saturated rings. The average Bonchev–Trinajstić information content (AvgIpc) is 2.76. The molecule has 1 saturated heterocycles. The number of benzene rings is 2. The van der Waals surface area contributed by atoms with Gasteiger partial charge in [0.1, 0.15) is 4.90 Å². The van der Waals surface area contributed by atoms with Gasteiger partial charge in [-0.2, -0.15) is 4.31 Å². The number of hydrogen-bond donors (Lipinski definition) is 1. The van der Waals surface area contributed by atoms with Gasteiger partial charge in [0.15, 0.2) is 0 Å². The first kappa shape index (κ1) is 26.1. The fraction of sp³-hybridized carbons (Fsp3) is 0.435. The zero-order chi connectivity index (χ0) is 24.2. The topological polar surface area (TPSA) is 69.7 Å². The first-order valence-electron chi connectivity index (χ1n) is 10.8. The molecule has 2 aromatic rings. The van der Waals surface area contributed by atoms with E-state index in [1.165, 1.54) is 9.21 Å². The Morgan fingerprint density at radius 2 is 1.70 bits per heavy atom. The molecule has 0 atom stereocenters. The lowest BCUT2D eigenvalue weighted by molar-refractivity contribution is 0.0828. The number of piperidine rings is 1. The Kier molecular flexibility index (Phi) is 8.92. The van der Waals surface area contributed by atoms with E-state index in [0.29, 0.717) is 29.6 Å². The van der Waals surface area contributed by atoms with Gasteiger partial charge in [0.05, 0.1) is 20.6 Å². The Morgan fingerprint density at radius 1 is 1.06 bits per heavy atom. The van der Waals surface area contributed by atoms with Crippen LogP contribution in [0.4, 0.5) is 5.69 Å². The summed E-state index contributed by atoms with van der Waals surface area (Å²) in [4.78, 5) is 13.6. The number of amides is 1. The molecule has 6 nitrogen and oxygen atoms in total. The Bertz CT molecular complexity index is 1080. The number of rotatable bonds is 8. The SMILES string of the molecule is CN(C)C(=O)c1ccc(NCCCC2CCN(S(=O)(=O)c3c(Cl)cccc3Cl)CC2)cc1Cl. The first-order valence-corrected chi connectivity index (χ1v) is 13.4. The van der Waals surface area contributed by atoms with Crippen LogP contribution in [0, 0.1) is 5.92 Å². The van der Waals surface area contributed by atoms with Crippen LogP contribution in [0.3, 0.4) is 0 Å². The fourth-order valence-corrected chi connectivity index (χ4v) is 6.78. The van der Waals surface area contributed by atoms with E-state index in [2.05, 4.69) is 5.32 Å². The van der Waals surface area contributed by atoms with Gasteiger partial charge in [0, 0.05) is 39.4 Å². The van der Waals surface area contributed by atoms with Crippen LogP contribution in [0.15, 0.2) is 41.3 Å². The van der Waals surface area contributed by atoms with Crippen LogP contribution in [0.1, 0.15) is 36.0 Å². The van der Waals surface area contributed by atoms with E-state index in [1.54, 1.807) is 44.4 Å². The van der Waals surface area contributed by atoms with Crippen LogP contribution >= 0.6 is 34.8 Å². The van der Waals surface area contributed by atoms with E-state index in [9.17, 15) is 13.2 Å². The molecule has 33 heavy (non-hydrogen) atoms. The summed E-state index contributed by atoms with van der Waals surface area (Å²) in [6.45, 7) is 1.68. The number of sulfonamides is 1. The van der Waals surface area contributed by atoms with Gasteiger partial charge in [-0.1, -0.05) is 40.9 Å². The molecular weight excluding hydrogens is 505 g/mol. The van der Waals surface area contributed by atoms with Crippen molar-refractivity contribution in [3.05, 3.63) is 57.0 Å². The molecular formula is C23H28Cl3N3O3S. The molecule has 1 aliphatic heterocycles. The van der Waals surface area contributed by atoms with Gasteiger partial charge in [-0.3, -0.25) is 4.79 Å². The highest BCUT2D eigenvalue weighted by Gasteiger charge is 2.32. The summed E-state index contributed by atoms with van der Waals surface area (Å²) in [5.41, 5.74) is 1.35. The lowest BCUT2D eigenvalue weighted by Gasteiger charge is -2.31. The molecule has 2 aromatic carbocycles. The minimum atomic E-state index is -3.71. The van der Waals surface area contributed by atoms with Crippen molar-refractivity contribution in [2.45, 2.75) is 30.6 Å². The van der Waals surface area contributed by atoms with Crippen molar-refractivity contribution in [1.82, 2.24) is 9.21 Å². The monoisotopic (exact) mass is 531 g/mol. The van der Waals surface area contributed by atoms with E-state index in [1.807, 2.05) is 6.07 Å². The summed E-state index contributed by atoms with van der Waals surface area (Å²) in [6, 6.07) is 10.1. The molecule has 0 spiro atoms. The molecule has 0 bridgehead atoms. The molecule has 1 N–H and O–H groups in total. The zero-order valence-electron chi connectivity index (χ0n) is 18.7. The summed E-state index contributed by atoms with van der Waals surface area (Å²) in [7, 11) is -0.327. The second-order valence-corrected chi connectivity index (χ2v) is 11.5. The standard InChI is InChI=1S/C23H28Cl3N3O3S/c1-28(2)23(30)18-9-8-17(15-21(18)26)27-12-4-5-16-10-13-29(14-11-16)33(31,32)22-19(24)6-3-7-20(22)25/h3,6-9,15-16,27H,4-5,10-14H2,1-2H3. The van der Waals surface area contributed by atoms with Crippen molar-refractivity contribution >= 4 is 56.4 Å². The number of hydrogen-bond acceptors (Lipinski definition) is 4. The van der Waals surface area contributed by atoms with Gasteiger partial charge in [0.25, 0.3) is 5.91 Å². The minimum Gasteiger partial charge on any atom is -0.385 e. The van der Waals surface area contributed by atoms with Crippen LogP contribution in [0.25, 0.3) is 0 Å². The van der Waals surface area contributed by atoms with Gasteiger partial charge in [-0.25, -0.2) is 8.42 Å². The molecule has 0 aliphatic carbocycles. The van der Waals surface area contributed by atoms with Gasteiger partial charge < -0.3 is 10.2 Å². The molecule has 1 aliphatic rings. The fourth-order valence-electron chi connectivity index (χ4n) is 3.96. The predicted molar refractivity (Wildman–Crippen MR) is 135 cm³/mol. The predicted octanol–water partition coefficient (Wildman–Crippen LogP) is 5.64. The van der Waals surface area contributed by atoms with E-state index in [4.69, 9.17) is 34.8 Å². The Morgan fingerprint density at radius 3 is 2.27 bits per heavy atom. The lowest BCUT2D eigenvalue weighted by atomic mass is 9.93. The normalized spacial score (nSPS) is 15.4. The maximum atomic E-state index is 13.0. The summed E-state index contributed by atoms with van der Waals surface area (Å²) < 4.78 is 27.5. The number of carbonyl (C=O) groups excluding carboxylic acids is 1. The number of carbonyl (C=O) groups is 1. The van der Waals surface area contributed by atoms with Crippen molar-refractivity contribution in [1.29, 1.82) is 0 Å². The van der Waals surface area contributed by atoms with Gasteiger partial charge in [-0.05, 0) is 61.9 Å². The van der Waals surface area contributed by atoms with Crippen molar-refractivity contribution in [2.24, 2.45) is 5.92 Å². The van der Waals surface area contributed by atoms with Crippen LogP contribution in [-0.4, -0.2) is 57.3 Å². The third kappa shape index (κ3) is 6.34. The van der Waals surface area contributed by atoms with E-state index in [-0.39, 0.29) is 20.8 Å². The second-order valence-electron chi connectivity index (χ2n) is 8.36. The second kappa shape index (κ2) is 11.3. The maximum absolute atomic E-state index is 13.0. The summed E-state index contributed by atoms with van der Waals surface area (Å²) in [5, 5.41) is 4.06. The zero-order valence-corrected chi connectivity index (χ0v) is 21.7. The van der Waals surface area contributed by atoms with Crippen LogP contribution in [0.5, 0.6) is 0 Å². The molecule has 1 heterocycles. The van der Waals surface area contributed by atoms with Crippen LogP contribution < -0.4 is 5.32 Å². The Hall–Kier alpha value is -1.51. The molecule has 0 radical (unpaired) electrons. The third-order valence-corrected chi connectivity index (χ3v) is 8.98. The molecule has 3 rings (SSSR count). The van der Waals surface area contributed by atoms with Gasteiger partial charge >= 0.3 is 0 Å². The number of nitrogens with zero attached hydrogens (tertiary/aromatic N) is 2. The Labute approximate surface area is 210 Å². The molecule has 0 unspecified atom stereocenters. The average molecular weight is 533 g/mol. The first-order chi connectivity index (χ1) is 15.6. The number of anilines is 1. The van der Waals surface area contributed by atoms with E-state index < -0.39 is 10.0 Å². The minimum absolute atomic E-state index is 0.00653. The largest absolute Gasteiger partial charge is 0.385 e. The summed E-state index contributed by atoms with van der Waals surface area (Å²) in [6.07, 6.45) is 3.55. The number of nitrogens with one attached hydrogen (secondary N) is 1. The van der Waals surface area contributed by atoms with Crippen molar-refractivity contribution in [3.63, 3.8) is 0 Å². The smallest absolute Gasteiger partial charge is 0.254 e. The van der Waals surface area contributed by atoms with Crippen LogP contribution in [0.2, 0.25) is 15.1 Å². The van der Waals surface area contributed by atoms with Crippen LogP contribution in [-0.2, 0) is 10.0 Å². The van der Waals surface area contributed by atoms with E-state index >= 15 is 0 Å². The molecule has 1 amide bonds. The number of halogens is 3. The van der Waals surface area contributed by atoms with Gasteiger partial charge in [-0.15, -0.1) is 0 Å². The lowest BCUT2D eigenvalue weighted by Crippen LogP contribution is -2.38. The summed E-state index contributed by atoms with van der Waals surface area (Å²) >= 11 is 18.5. The molecule has 10 heteroatoms. The van der Waals surface area contributed by atoms with E-state index in [0.717, 1.165) is 37.9 Å². The summed E-state index contributed by atoms with van der Waals surface area (Å²) in [5.74, 6) is 0.334. The molecule has 180 valence electrons. The van der Waals surface area contributed by atoms with Crippen molar-refractivity contribution in [3.8, 4) is 0 Å². The highest BCUT2D eigenvalue weighted by Crippen LogP contribution is 2.34. The maximum Gasteiger partial charge on any atom is 0.254 e. The van der Waals surface area contributed by atoms with Crippen molar-refractivity contribution < 1.29 is 13.2 Å². The quantitative estimate of drug-likeness (QED) is 0.447. The van der Waals surface area contributed by atoms with Crippen molar-refractivity contribution in [2.75, 3.05) is 39.0 Å². The molecule has 0 saturated carbocycles. The highest BCUT2D eigenvalue weighted by molar-refractivity contribution is 7.89. The highest BCUT2D eigenvalue weighted by atomic mass is 35.5. The molecule has 0 aromatic heterocycles. The Balaban J connectivity index is 1.46. The van der Waals surface area contributed by atoms with Gasteiger partial charge in [0.2, 0.25) is 10.0 Å².